The average molecular weight is 336 g/mol. The lowest BCUT2D eigenvalue weighted by molar-refractivity contribution is 0.0732. The molecule has 0 spiro atoms. The van der Waals surface area contributed by atoms with E-state index in [9.17, 15) is 9.59 Å². The maximum absolute atomic E-state index is 12.2. The van der Waals surface area contributed by atoms with E-state index in [1.807, 2.05) is 6.07 Å². The predicted molar refractivity (Wildman–Crippen MR) is 91.8 cm³/mol. The van der Waals surface area contributed by atoms with Gasteiger partial charge in [0, 0.05) is 11.3 Å². The minimum atomic E-state index is -0.530. The van der Waals surface area contributed by atoms with E-state index in [2.05, 4.69) is 10.5 Å². The highest BCUT2D eigenvalue weighted by Gasteiger charge is 2.19. The molecule has 0 aliphatic rings. The fraction of sp³-hybridized carbons (Fsp3) is 0.105. The van der Waals surface area contributed by atoms with Crippen LogP contribution in [0.5, 0.6) is 5.75 Å². The van der Waals surface area contributed by atoms with Gasteiger partial charge < -0.3 is 14.6 Å². The topological polar surface area (TPSA) is 81.4 Å². The molecule has 25 heavy (non-hydrogen) atoms. The molecule has 1 aromatic heterocycles. The average Bonchev–Trinajstić information content (AvgIpc) is 2.96. The van der Waals surface area contributed by atoms with Crippen LogP contribution in [0.25, 0.3) is 0 Å². The van der Waals surface area contributed by atoms with Gasteiger partial charge >= 0.3 is 5.97 Å². The number of anilines is 1. The van der Waals surface area contributed by atoms with Crippen LogP contribution < -0.4 is 10.1 Å². The van der Waals surface area contributed by atoms with Crippen LogP contribution in [0.15, 0.2) is 59.1 Å². The van der Waals surface area contributed by atoms with Crippen molar-refractivity contribution < 1.29 is 18.8 Å². The molecule has 3 rings (SSSR count). The monoisotopic (exact) mass is 336 g/mol. The molecule has 0 aliphatic heterocycles. The van der Waals surface area contributed by atoms with Crippen LogP contribution >= 0.6 is 0 Å². The van der Waals surface area contributed by atoms with E-state index < -0.39 is 5.97 Å². The smallest absolute Gasteiger partial charge is 0.349 e. The molecule has 6 nitrogen and oxygen atoms in total. The number of nitrogens with zero attached hydrogens (tertiary/aromatic N) is 1. The summed E-state index contributed by atoms with van der Waals surface area (Å²) in [5, 5.41) is 6.51. The summed E-state index contributed by atoms with van der Waals surface area (Å²) in [6.07, 6.45) is 0. The van der Waals surface area contributed by atoms with Gasteiger partial charge in [0.05, 0.1) is 5.69 Å². The van der Waals surface area contributed by atoms with Crippen LogP contribution in [0, 0.1) is 13.8 Å². The first kappa shape index (κ1) is 16.4. The van der Waals surface area contributed by atoms with Crippen LogP contribution in [0.2, 0.25) is 0 Å². The Kier molecular flexibility index (Phi) is 4.61. The number of carbonyl (C=O) groups excluding carboxylic acids is 2. The standard InChI is InChI=1S/C19H16N2O4/c1-12-17(13(2)25-21-12)19(23)24-16-10-8-15(9-11-16)20-18(22)14-6-4-3-5-7-14/h3-11H,1-2H3,(H,20,22). The molecule has 0 unspecified atom stereocenters. The molecular formula is C19H16N2O4. The Labute approximate surface area is 144 Å². The van der Waals surface area contributed by atoms with Crippen molar-refractivity contribution in [2.75, 3.05) is 5.32 Å². The van der Waals surface area contributed by atoms with Crippen molar-refractivity contribution in [2.45, 2.75) is 13.8 Å². The summed E-state index contributed by atoms with van der Waals surface area (Å²) in [4.78, 5) is 24.3. The second-order valence-corrected chi connectivity index (χ2v) is 5.43. The van der Waals surface area contributed by atoms with Crippen LogP contribution in [-0.4, -0.2) is 17.0 Å². The zero-order chi connectivity index (χ0) is 17.8. The van der Waals surface area contributed by atoms with Gasteiger partial charge in [0.1, 0.15) is 17.1 Å². The third-order valence-electron chi connectivity index (χ3n) is 3.60. The summed E-state index contributed by atoms with van der Waals surface area (Å²) in [6.45, 7) is 3.33. The molecule has 126 valence electrons. The first-order valence-electron chi connectivity index (χ1n) is 7.66. The first-order chi connectivity index (χ1) is 12.0. The largest absolute Gasteiger partial charge is 0.423 e. The zero-order valence-corrected chi connectivity index (χ0v) is 13.8. The van der Waals surface area contributed by atoms with Gasteiger partial charge in [0.15, 0.2) is 0 Å². The number of esters is 1. The van der Waals surface area contributed by atoms with E-state index >= 15 is 0 Å². The number of nitrogens with one attached hydrogen (secondary N) is 1. The number of carbonyl (C=O) groups is 2. The van der Waals surface area contributed by atoms with E-state index in [4.69, 9.17) is 9.26 Å². The van der Waals surface area contributed by atoms with Gasteiger partial charge in [-0.3, -0.25) is 4.79 Å². The van der Waals surface area contributed by atoms with Gasteiger partial charge in [-0.1, -0.05) is 23.4 Å². The molecule has 0 bridgehead atoms. The summed E-state index contributed by atoms with van der Waals surface area (Å²) >= 11 is 0. The van der Waals surface area contributed by atoms with E-state index in [1.54, 1.807) is 62.4 Å². The molecule has 1 heterocycles. The summed E-state index contributed by atoms with van der Waals surface area (Å²) in [7, 11) is 0. The summed E-state index contributed by atoms with van der Waals surface area (Å²) in [6, 6.07) is 15.4. The van der Waals surface area contributed by atoms with Gasteiger partial charge in [-0.05, 0) is 50.2 Å². The number of aryl methyl sites for hydroxylation is 2. The van der Waals surface area contributed by atoms with Crippen molar-refractivity contribution in [2.24, 2.45) is 0 Å². The second-order valence-electron chi connectivity index (χ2n) is 5.43. The molecule has 0 saturated heterocycles. The Morgan fingerprint density at radius 1 is 1.00 bits per heavy atom. The summed E-state index contributed by atoms with van der Waals surface area (Å²) < 4.78 is 10.3. The van der Waals surface area contributed by atoms with Crippen molar-refractivity contribution in [3.63, 3.8) is 0 Å². The number of amides is 1. The lowest BCUT2D eigenvalue weighted by Gasteiger charge is -2.07. The highest BCUT2D eigenvalue weighted by atomic mass is 16.5. The number of hydrogen-bond donors (Lipinski definition) is 1. The molecule has 1 amide bonds. The van der Waals surface area contributed by atoms with Crippen molar-refractivity contribution in [1.82, 2.24) is 5.16 Å². The van der Waals surface area contributed by atoms with Gasteiger partial charge in [-0.15, -0.1) is 0 Å². The van der Waals surface area contributed by atoms with Crippen LogP contribution in [0.1, 0.15) is 32.2 Å². The first-order valence-corrected chi connectivity index (χ1v) is 7.66. The highest BCUT2D eigenvalue weighted by molar-refractivity contribution is 6.04. The number of rotatable bonds is 4. The SMILES string of the molecule is Cc1noc(C)c1C(=O)Oc1ccc(NC(=O)c2ccccc2)cc1. The molecule has 2 aromatic carbocycles. The van der Waals surface area contributed by atoms with Gasteiger partial charge in [0.2, 0.25) is 0 Å². The molecule has 1 N–H and O–H groups in total. The number of aromatic nitrogens is 1. The lowest BCUT2D eigenvalue weighted by atomic mass is 10.2. The fourth-order valence-corrected chi connectivity index (χ4v) is 2.33. The molecule has 6 heteroatoms. The Morgan fingerprint density at radius 2 is 1.68 bits per heavy atom. The quantitative estimate of drug-likeness (QED) is 0.579. The van der Waals surface area contributed by atoms with Crippen molar-refractivity contribution in [3.8, 4) is 5.75 Å². The molecule has 0 radical (unpaired) electrons. The fourth-order valence-electron chi connectivity index (χ4n) is 2.33. The Bertz CT molecular complexity index is 879. The van der Waals surface area contributed by atoms with E-state index in [1.165, 1.54) is 0 Å². The Hall–Kier alpha value is -3.41. The minimum Gasteiger partial charge on any atom is -0.423 e. The zero-order valence-electron chi connectivity index (χ0n) is 13.8. The molecule has 0 aliphatic carbocycles. The van der Waals surface area contributed by atoms with Crippen LogP contribution in [0.3, 0.4) is 0 Å². The van der Waals surface area contributed by atoms with Gasteiger partial charge in [0.25, 0.3) is 5.91 Å². The number of benzene rings is 2. The van der Waals surface area contributed by atoms with Crippen molar-refractivity contribution in [1.29, 1.82) is 0 Å². The second kappa shape index (κ2) is 7.00. The predicted octanol–water partition coefficient (Wildman–Crippen LogP) is 3.76. The van der Waals surface area contributed by atoms with E-state index in [0.29, 0.717) is 34.0 Å². The third-order valence-corrected chi connectivity index (χ3v) is 3.60. The normalized spacial score (nSPS) is 10.3. The highest BCUT2D eigenvalue weighted by Crippen LogP contribution is 2.20. The van der Waals surface area contributed by atoms with Crippen LogP contribution in [-0.2, 0) is 0 Å². The molecule has 0 fully saturated rings. The lowest BCUT2D eigenvalue weighted by Crippen LogP contribution is -2.12. The summed E-state index contributed by atoms with van der Waals surface area (Å²) in [5.74, 6) is 0.0374. The van der Waals surface area contributed by atoms with Crippen LogP contribution in [0.4, 0.5) is 5.69 Å². The molecule has 0 atom stereocenters. The third kappa shape index (κ3) is 3.74. The molecular weight excluding hydrogens is 320 g/mol. The van der Waals surface area contributed by atoms with Gasteiger partial charge in [-0.25, -0.2) is 4.79 Å². The van der Waals surface area contributed by atoms with Gasteiger partial charge in [-0.2, -0.15) is 0 Å². The molecule has 3 aromatic rings. The van der Waals surface area contributed by atoms with Crippen molar-refractivity contribution >= 4 is 17.6 Å². The minimum absolute atomic E-state index is 0.207. The van der Waals surface area contributed by atoms with Crippen molar-refractivity contribution in [3.05, 3.63) is 77.2 Å². The maximum atomic E-state index is 12.2. The van der Waals surface area contributed by atoms with E-state index in [-0.39, 0.29) is 5.91 Å². The number of hydrogen-bond acceptors (Lipinski definition) is 5. The number of ether oxygens (including phenoxy) is 1. The van der Waals surface area contributed by atoms with E-state index in [0.717, 1.165) is 0 Å². The Morgan fingerprint density at radius 3 is 2.28 bits per heavy atom. The molecule has 0 saturated carbocycles. The Balaban J connectivity index is 1.66. The summed E-state index contributed by atoms with van der Waals surface area (Å²) in [5.41, 5.74) is 1.97. The maximum Gasteiger partial charge on any atom is 0.349 e.